The van der Waals surface area contributed by atoms with Gasteiger partial charge in [-0.1, -0.05) is 29.8 Å². The number of imide groups is 1. The molecule has 204 valence electrons. The molecule has 0 unspecified atom stereocenters. The molecular formula is C27H22N4O8S. The Morgan fingerprint density at radius 1 is 1.00 bits per heavy atom. The first-order chi connectivity index (χ1) is 18.9. The van der Waals surface area contributed by atoms with Crippen LogP contribution in [0.15, 0.2) is 59.5 Å². The first kappa shape index (κ1) is 28.0. The van der Waals surface area contributed by atoms with E-state index in [9.17, 15) is 34.6 Å². The normalized spacial score (nSPS) is 14.0. The van der Waals surface area contributed by atoms with E-state index in [4.69, 9.17) is 4.74 Å². The second-order valence-corrected chi connectivity index (χ2v) is 9.92. The number of carbonyl (C=O) groups excluding carboxylic acids is 3. The average molecular weight is 563 g/mol. The Balaban J connectivity index is 1.49. The van der Waals surface area contributed by atoms with Crippen LogP contribution in [-0.4, -0.2) is 38.3 Å². The molecule has 13 heteroatoms. The summed E-state index contributed by atoms with van der Waals surface area (Å²) in [5.41, 5.74) is 2.80. The Hall–Kier alpha value is -5.04. The van der Waals surface area contributed by atoms with Gasteiger partial charge in [-0.2, -0.15) is 0 Å². The molecule has 12 nitrogen and oxygen atoms in total. The minimum Gasteiger partial charge on any atom is -0.450 e. The highest BCUT2D eigenvalue weighted by Crippen LogP contribution is 2.36. The zero-order valence-corrected chi connectivity index (χ0v) is 22.3. The van der Waals surface area contributed by atoms with Crippen molar-refractivity contribution >= 4 is 52.0 Å². The van der Waals surface area contributed by atoms with Crippen LogP contribution in [0.4, 0.5) is 21.9 Å². The summed E-state index contributed by atoms with van der Waals surface area (Å²) >= 11 is 0.678. The van der Waals surface area contributed by atoms with E-state index in [1.165, 1.54) is 18.2 Å². The first-order valence-corrected chi connectivity index (χ1v) is 12.6. The number of thioether (sulfide) groups is 1. The summed E-state index contributed by atoms with van der Waals surface area (Å²) in [6.45, 7) is 5.20. The zero-order valence-electron chi connectivity index (χ0n) is 21.5. The molecule has 40 heavy (non-hydrogen) atoms. The number of benzene rings is 3. The molecule has 0 aliphatic carbocycles. The molecule has 0 bridgehead atoms. The Morgan fingerprint density at radius 3 is 2.35 bits per heavy atom. The minimum atomic E-state index is -0.792. The SMILES string of the molecule is Cc1cc(C)c(NC(=O)CN2C(=O)S/C(=C/c3cccc(Oc4ccc([N+](=O)[O-])cc4[N+](=O)[O-])c3)C2=O)c(C)c1. The van der Waals surface area contributed by atoms with Gasteiger partial charge in [0.05, 0.1) is 20.8 Å². The van der Waals surface area contributed by atoms with E-state index < -0.39 is 44.8 Å². The smallest absolute Gasteiger partial charge is 0.318 e. The molecular weight excluding hydrogens is 540 g/mol. The van der Waals surface area contributed by atoms with Crippen molar-refractivity contribution in [3.05, 3.63) is 102 Å². The van der Waals surface area contributed by atoms with Gasteiger partial charge in [-0.25, -0.2) is 0 Å². The topological polar surface area (TPSA) is 162 Å². The van der Waals surface area contributed by atoms with Crippen molar-refractivity contribution < 1.29 is 29.0 Å². The Labute approximate surface area is 231 Å². The molecule has 1 aliphatic rings. The van der Waals surface area contributed by atoms with Crippen molar-refractivity contribution in [3.63, 3.8) is 0 Å². The van der Waals surface area contributed by atoms with Crippen LogP contribution in [0.1, 0.15) is 22.3 Å². The maximum Gasteiger partial charge on any atom is 0.318 e. The van der Waals surface area contributed by atoms with Gasteiger partial charge in [0.15, 0.2) is 0 Å². The number of nitrogens with zero attached hydrogens (tertiary/aromatic N) is 3. The monoisotopic (exact) mass is 562 g/mol. The molecule has 0 radical (unpaired) electrons. The van der Waals surface area contributed by atoms with Gasteiger partial charge in [-0.15, -0.1) is 0 Å². The second-order valence-electron chi connectivity index (χ2n) is 8.93. The summed E-state index contributed by atoms with van der Waals surface area (Å²) in [6.07, 6.45) is 1.44. The highest BCUT2D eigenvalue weighted by atomic mass is 32.2. The van der Waals surface area contributed by atoms with Crippen LogP contribution in [0.25, 0.3) is 6.08 Å². The van der Waals surface area contributed by atoms with E-state index >= 15 is 0 Å². The van der Waals surface area contributed by atoms with Crippen molar-refractivity contribution in [2.24, 2.45) is 0 Å². The van der Waals surface area contributed by atoms with Crippen molar-refractivity contribution in [1.29, 1.82) is 0 Å². The summed E-state index contributed by atoms with van der Waals surface area (Å²) in [4.78, 5) is 59.9. The fourth-order valence-electron chi connectivity index (χ4n) is 4.13. The molecule has 3 amide bonds. The summed E-state index contributed by atoms with van der Waals surface area (Å²) in [5.74, 6) is -1.20. The highest BCUT2D eigenvalue weighted by molar-refractivity contribution is 8.18. The molecule has 3 aromatic rings. The molecule has 1 saturated heterocycles. The van der Waals surface area contributed by atoms with E-state index in [-0.39, 0.29) is 16.4 Å². The van der Waals surface area contributed by atoms with Crippen LogP contribution < -0.4 is 10.1 Å². The maximum absolute atomic E-state index is 12.9. The van der Waals surface area contributed by atoms with Gasteiger partial charge in [0.25, 0.3) is 16.8 Å². The van der Waals surface area contributed by atoms with Crippen molar-refractivity contribution in [2.75, 3.05) is 11.9 Å². The van der Waals surface area contributed by atoms with Crippen LogP contribution in [0.2, 0.25) is 0 Å². The lowest BCUT2D eigenvalue weighted by atomic mass is 10.1. The van der Waals surface area contributed by atoms with Gasteiger partial charge in [0.1, 0.15) is 12.3 Å². The number of aryl methyl sites for hydroxylation is 3. The highest BCUT2D eigenvalue weighted by Gasteiger charge is 2.36. The van der Waals surface area contributed by atoms with Crippen LogP contribution in [0.5, 0.6) is 11.5 Å². The summed E-state index contributed by atoms with van der Waals surface area (Å²) in [5, 5.41) is 24.5. The van der Waals surface area contributed by atoms with E-state index in [2.05, 4.69) is 5.32 Å². The van der Waals surface area contributed by atoms with E-state index in [0.29, 0.717) is 23.0 Å². The molecule has 1 fully saturated rings. The number of anilines is 1. The fourth-order valence-corrected chi connectivity index (χ4v) is 4.97. The molecule has 0 spiro atoms. The van der Waals surface area contributed by atoms with Crippen molar-refractivity contribution in [3.8, 4) is 11.5 Å². The number of rotatable bonds is 8. The third-order valence-electron chi connectivity index (χ3n) is 5.85. The van der Waals surface area contributed by atoms with Crippen LogP contribution in [0, 0.1) is 41.0 Å². The van der Waals surface area contributed by atoms with E-state index in [1.807, 2.05) is 32.9 Å². The van der Waals surface area contributed by atoms with Crippen molar-refractivity contribution in [2.45, 2.75) is 20.8 Å². The quantitative estimate of drug-likeness (QED) is 0.200. The fraction of sp³-hybridized carbons (Fsp3) is 0.148. The predicted octanol–water partition coefficient (Wildman–Crippen LogP) is 5.90. The lowest BCUT2D eigenvalue weighted by Gasteiger charge is -2.15. The Morgan fingerprint density at radius 2 is 1.70 bits per heavy atom. The number of non-ortho nitro benzene ring substituents is 1. The molecule has 0 saturated carbocycles. The number of nitro benzene ring substituents is 2. The number of nitrogens with one attached hydrogen (secondary N) is 1. The molecule has 0 aromatic heterocycles. The summed E-state index contributed by atoms with van der Waals surface area (Å²) < 4.78 is 5.60. The third kappa shape index (κ3) is 6.15. The molecule has 4 rings (SSSR count). The Kier molecular flexibility index (Phi) is 7.95. The van der Waals surface area contributed by atoms with E-state index in [0.717, 1.165) is 39.8 Å². The van der Waals surface area contributed by atoms with Gasteiger partial charge in [0, 0.05) is 11.8 Å². The van der Waals surface area contributed by atoms with Crippen LogP contribution >= 0.6 is 11.8 Å². The maximum atomic E-state index is 12.9. The molecule has 1 aliphatic heterocycles. The Bertz CT molecular complexity index is 1590. The molecule has 0 atom stereocenters. The number of hydrogen-bond donors (Lipinski definition) is 1. The summed E-state index contributed by atoms with van der Waals surface area (Å²) in [7, 11) is 0. The number of nitro groups is 2. The molecule has 1 N–H and O–H groups in total. The predicted molar refractivity (Wildman–Crippen MR) is 148 cm³/mol. The van der Waals surface area contributed by atoms with Gasteiger partial charge in [0.2, 0.25) is 11.7 Å². The zero-order chi connectivity index (χ0) is 29.1. The molecule has 1 heterocycles. The number of hydrogen-bond acceptors (Lipinski definition) is 9. The standard InChI is InChI=1S/C27H22N4O8S/c1-15-9-16(2)25(17(3)10-15)28-24(32)14-29-26(33)23(40-27(29)34)12-18-5-4-6-20(11-18)39-22-8-7-19(30(35)36)13-21(22)31(37)38/h4-13H,14H2,1-3H3,(H,28,32)/b23-12+. The third-order valence-corrected chi connectivity index (χ3v) is 6.76. The molecule has 3 aromatic carbocycles. The van der Waals surface area contributed by atoms with Crippen molar-refractivity contribution in [1.82, 2.24) is 4.90 Å². The van der Waals surface area contributed by atoms with Crippen LogP contribution in [0.3, 0.4) is 0 Å². The number of amides is 3. The van der Waals surface area contributed by atoms with Gasteiger partial charge < -0.3 is 10.1 Å². The van der Waals surface area contributed by atoms with Crippen LogP contribution in [-0.2, 0) is 9.59 Å². The van der Waals surface area contributed by atoms with Gasteiger partial charge in [-0.3, -0.25) is 39.5 Å². The number of carbonyl (C=O) groups is 3. The minimum absolute atomic E-state index is 0.0824. The number of ether oxygens (including phenoxy) is 1. The second kappa shape index (κ2) is 11.4. The first-order valence-electron chi connectivity index (χ1n) is 11.8. The summed E-state index contributed by atoms with van der Waals surface area (Å²) in [6, 6.07) is 13.0. The lowest BCUT2D eigenvalue weighted by Crippen LogP contribution is -2.36. The van der Waals surface area contributed by atoms with Gasteiger partial charge in [-0.05, 0) is 73.5 Å². The van der Waals surface area contributed by atoms with E-state index in [1.54, 1.807) is 12.1 Å². The lowest BCUT2D eigenvalue weighted by molar-refractivity contribution is -0.394. The largest absolute Gasteiger partial charge is 0.450 e. The average Bonchev–Trinajstić information content (AvgIpc) is 3.13. The van der Waals surface area contributed by atoms with Gasteiger partial charge >= 0.3 is 5.69 Å².